The third kappa shape index (κ3) is 5.41. The van der Waals surface area contributed by atoms with E-state index in [4.69, 9.17) is 5.73 Å². The van der Waals surface area contributed by atoms with Gasteiger partial charge in [0.1, 0.15) is 0 Å². The maximum Gasteiger partial charge on any atom is 0.416 e. The SMILES string of the molecule is Cl.Nc1ccc(CC(=O)N(Cc2ccccc2C(F)(F)F)C2CCCC2)cc1. The van der Waals surface area contributed by atoms with Gasteiger partial charge in [-0.2, -0.15) is 13.2 Å². The van der Waals surface area contributed by atoms with Crippen LogP contribution in [0.25, 0.3) is 0 Å². The molecule has 7 heteroatoms. The van der Waals surface area contributed by atoms with Gasteiger partial charge >= 0.3 is 6.18 Å². The van der Waals surface area contributed by atoms with Crippen LogP contribution in [0.5, 0.6) is 0 Å². The van der Waals surface area contributed by atoms with Crippen LogP contribution in [0.3, 0.4) is 0 Å². The molecule has 3 rings (SSSR count). The average molecular weight is 413 g/mol. The van der Waals surface area contributed by atoms with Crippen LogP contribution in [-0.2, 0) is 23.9 Å². The average Bonchev–Trinajstić information content (AvgIpc) is 3.15. The number of hydrogen-bond donors (Lipinski definition) is 1. The second-order valence-corrected chi connectivity index (χ2v) is 7.03. The van der Waals surface area contributed by atoms with Gasteiger partial charge in [-0.05, 0) is 42.2 Å². The first-order valence-corrected chi connectivity index (χ1v) is 9.13. The van der Waals surface area contributed by atoms with Gasteiger partial charge in [-0.1, -0.05) is 43.2 Å². The molecule has 0 aliphatic heterocycles. The van der Waals surface area contributed by atoms with E-state index >= 15 is 0 Å². The van der Waals surface area contributed by atoms with Crippen molar-refractivity contribution in [1.82, 2.24) is 4.90 Å². The van der Waals surface area contributed by atoms with Gasteiger partial charge in [0.25, 0.3) is 0 Å². The summed E-state index contributed by atoms with van der Waals surface area (Å²) in [6.07, 6.45) is -0.610. The fourth-order valence-electron chi connectivity index (χ4n) is 3.67. The first kappa shape index (κ1) is 22.1. The first-order valence-electron chi connectivity index (χ1n) is 9.13. The lowest BCUT2D eigenvalue weighted by Gasteiger charge is -2.30. The smallest absolute Gasteiger partial charge is 0.399 e. The number of rotatable bonds is 5. The summed E-state index contributed by atoms with van der Waals surface area (Å²) in [4.78, 5) is 14.6. The summed E-state index contributed by atoms with van der Waals surface area (Å²) in [7, 11) is 0. The van der Waals surface area contributed by atoms with Crippen molar-refractivity contribution in [2.75, 3.05) is 5.73 Å². The highest BCUT2D eigenvalue weighted by atomic mass is 35.5. The van der Waals surface area contributed by atoms with Crippen molar-refractivity contribution in [1.29, 1.82) is 0 Å². The van der Waals surface area contributed by atoms with E-state index in [1.54, 1.807) is 35.2 Å². The first-order chi connectivity index (χ1) is 12.8. The summed E-state index contributed by atoms with van der Waals surface area (Å²) in [5.41, 5.74) is 6.56. The van der Waals surface area contributed by atoms with E-state index in [2.05, 4.69) is 0 Å². The minimum atomic E-state index is -4.43. The largest absolute Gasteiger partial charge is 0.416 e. The minimum absolute atomic E-state index is 0. The molecule has 1 saturated carbocycles. The second kappa shape index (κ2) is 9.32. The normalized spacial score (nSPS) is 14.5. The zero-order chi connectivity index (χ0) is 19.4. The number of carbonyl (C=O) groups excluding carboxylic acids is 1. The fraction of sp³-hybridized carbons (Fsp3) is 0.381. The number of amides is 1. The van der Waals surface area contributed by atoms with Crippen LogP contribution in [0.1, 0.15) is 42.4 Å². The van der Waals surface area contributed by atoms with Crippen LogP contribution in [0.15, 0.2) is 48.5 Å². The van der Waals surface area contributed by atoms with E-state index in [1.807, 2.05) is 0 Å². The van der Waals surface area contributed by atoms with E-state index in [9.17, 15) is 18.0 Å². The van der Waals surface area contributed by atoms with Gasteiger partial charge in [0.2, 0.25) is 5.91 Å². The van der Waals surface area contributed by atoms with Gasteiger partial charge in [0.15, 0.2) is 0 Å². The number of nitrogens with two attached hydrogens (primary N) is 1. The zero-order valence-corrected chi connectivity index (χ0v) is 16.2. The van der Waals surface area contributed by atoms with E-state index in [0.717, 1.165) is 37.3 Å². The molecule has 2 N–H and O–H groups in total. The number of benzene rings is 2. The predicted molar refractivity (Wildman–Crippen MR) is 106 cm³/mol. The molecule has 0 atom stereocenters. The number of hydrogen-bond acceptors (Lipinski definition) is 2. The summed E-state index contributed by atoms with van der Waals surface area (Å²) in [5.74, 6) is -0.149. The Morgan fingerprint density at radius 1 is 1.04 bits per heavy atom. The molecule has 0 unspecified atom stereocenters. The van der Waals surface area contributed by atoms with Crippen molar-refractivity contribution in [3.05, 3.63) is 65.2 Å². The van der Waals surface area contributed by atoms with E-state index in [-0.39, 0.29) is 42.9 Å². The number of alkyl halides is 3. The van der Waals surface area contributed by atoms with Gasteiger partial charge in [-0.15, -0.1) is 12.4 Å². The molecule has 0 saturated heterocycles. The lowest BCUT2D eigenvalue weighted by Crippen LogP contribution is -2.39. The van der Waals surface area contributed by atoms with Crippen LogP contribution >= 0.6 is 12.4 Å². The Bertz CT molecular complexity index is 787. The van der Waals surface area contributed by atoms with Crippen LogP contribution in [0.4, 0.5) is 18.9 Å². The van der Waals surface area contributed by atoms with Crippen molar-refractivity contribution in [3.63, 3.8) is 0 Å². The molecule has 1 amide bonds. The molecule has 2 aromatic carbocycles. The quantitative estimate of drug-likeness (QED) is 0.684. The highest BCUT2D eigenvalue weighted by Gasteiger charge is 2.35. The zero-order valence-electron chi connectivity index (χ0n) is 15.4. The standard InChI is InChI=1S/C21H23F3N2O.ClH/c22-21(23,24)19-8-4-1-5-16(19)14-26(18-6-2-3-7-18)20(27)13-15-9-11-17(25)12-10-15;/h1,4-5,8-12,18H,2-3,6-7,13-14,25H2;1H. The fourth-order valence-corrected chi connectivity index (χ4v) is 3.67. The molecule has 0 bridgehead atoms. The highest BCUT2D eigenvalue weighted by Crippen LogP contribution is 2.34. The number of nitrogen functional groups attached to an aromatic ring is 1. The van der Waals surface area contributed by atoms with E-state index in [0.29, 0.717) is 5.69 Å². The number of nitrogens with zero attached hydrogens (tertiary/aromatic N) is 1. The van der Waals surface area contributed by atoms with E-state index < -0.39 is 11.7 Å². The van der Waals surface area contributed by atoms with Crippen LogP contribution in [-0.4, -0.2) is 16.8 Å². The molecule has 1 fully saturated rings. The van der Waals surface area contributed by atoms with Crippen molar-refractivity contribution in [2.45, 2.75) is 50.9 Å². The summed E-state index contributed by atoms with van der Waals surface area (Å²) in [6.45, 7) is -0.0197. The molecule has 1 aliphatic rings. The maximum absolute atomic E-state index is 13.3. The second-order valence-electron chi connectivity index (χ2n) is 7.03. The minimum Gasteiger partial charge on any atom is -0.399 e. The van der Waals surface area contributed by atoms with Crippen LogP contribution < -0.4 is 5.73 Å². The molecule has 152 valence electrons. The molecule has 3 nitrogen and oxygen atoms in total. The molecular weight excluding hydrogens is 389 g/mol. The Morgan fingerprint density at radius 3 is 2.25 bits per heavy atom. The Labute approximate surface area is 169 Å². The van der Waals surface area contributed by atoms with Gasteiger partial charge < -0.3 is 10.6 Å². The lowest BCUT2D eigenvalue weighted by molar-refractivity contribution is -0.140. The molecule has 0 heterocycles. The van der Waals surface area contributed by atoms with Crippen LogP contribution in [0.2, 0.25) is 0 Å². The number of carbonyl (C=O) groups is 1. The molecule has 0 spiro atoms. The monoisotopic (exact) mass is 412 g/mol. The summed E-state index contributed by atoms with van der Waals surface area (Å²) < 4.78 is 40.0. The van der Waals surface area contributed by atoms with Gasteiger partial charge in [0, 0.05) is 18.3 Å². The number of halogens is 4. The Balaban J connectivity index is 0.00000280. The van der Waals surface area contributed by atoms with E-state index in [1.165, 1.54) is 12.1 Å². The molecular formula is C21H24ClF3N2O. The lowest BCUT2D eigenvalue weighted by atomic mass is 10.0. The Kier molecular flexibility index (Phi) is 7.35. The molecule has 2 aromatic rings. The van der Waals surface area contributed by atoms with Crippen molar-refractivity contribution in [2.24, 2.45) is 0 Å². The van der Waals surface area contributed by atoms with Crippen molar-refractivity contribution < 1.29 is 18.0 Å². The summed E-state index contributed by atoms with van der Waals surface area (Å²) in [5, 5.41) is 0. The molecule has 0 aromatic heterocycles. The Hall–Kier alpha value is -2.21. The Morgan fingerprint density at radius 2 is 1.64 bits per heavy atom. The third-order valence-electron chi connectivity index (χ3n) is 5.08. The summed E-state index contributed by atoms with van der Waals surface area (Å²) >= 11 is 0. The van der Waals surface area contributed by atoms with Crippen molar-refractivity contribution >= 4 is 24.0 Å². The maximum atomic E-state index is 13.3. The third-order valence-corrected chi connectivity index (χ3v) is 5.08. The topological polar surface area (TPSA) is 46.3 Å². The van der Waals surface area contributed by atoms with Crippen molar-refractivity contribution in [3.8, 4) is 0 Å². The molecule has 1 aliphatic carbocycles. The van der Waals surface area contributed by atoms with Gasteiger partial charge in [-0.3, -0.25) is 4.79 Å². The van der Waals surface area contributed by atoms with Gasteiger partial charge in [-0.25, -0.2) is 0 Å². The highest BCUT2D eigenvalue weighted by molar-refractivity contribution is 5.85. The van der Waals surface area contributed by atoms with Gasteiger partial charge in [0.05, 0.1) is 12.0 Å². The van der Waals surface area contributed by atoms with Crippen LogP contribution in [0, 0.1) is 0 Å². The predicted octanol–water partition coefficient (Wildman–Crippen LogP) is 5.22. The molecule has 0 radical (unpaired) electrons. The molecule has 28 heavy (non-hydrogen) atoms. The number of anilines is 1. The summed E-state index contributed by atoms with van der Waals surface area (Å²) in [6, 6.07) is 12.5.